The number of hydrogen-bond acceptors (Lipinski definition) is 2. The zero-order valence-corrected chi connectivity index (χ0v) is 14.3. The van der Waals surface area contributed by atoms with Gasteiger partial charge in [-0.25, -0.2) is 4.39 Å². The topological polar surface area (TPSA) is 21.3 Å². The molecule has 23 heavy (non-hydrogen) atoms. The summed E-state index contributed by atoms with van der Waals surface area (Å²) in [5.41, 5.74) is 2.64. The highest BCUT2D eigenvalue weighted by Gasteiger charge is 2.07. The van der Waals surface area contributed by atoms with Crippen molar-refractivity contribution in [2.24, 2.45) is 0 Å². The molecular weight excluding hydrogens is 313 g/mol. The van der Waals surface area contributed by atoms with E-state index in [-0.39, 0.29) is 11.9 Å². The minimum absolute atomic E-state index is 0.0983. The number of halogens is 2. The first-order chi connectivity index (χ1) is 11.0. The van der Waals surface area contributed by atoms with Crippen molar-refractivity contribution >= 4 is 23.4 Å². The molecule has 0 spiro atoms. The minimum Gasteiger partial charge on any atom is -0.489 e. The van der Waals surface area contributed by atoms with Crippen LogP contribution >= 0.6 is 11.6 Å². The van der Waals surface area contributed by atoms with Crippen LogP contribution in [0.15, 0.2) is 47.5 Å². The van der Waals surface area contributed by atoms with E-state index in [0.717, 1.165) is 22.6 Å². The maximum Gasteiger partial charge on any atom is 0.142 e. The average molecular weight is 334 g/mol. The van der Waals surface area contributed by atoms with Gasteiger partial charge in [0.2, 0.25) is 0 Å². The summed E-state index contributed by atoms with van der Waals surface area (Å²) in [7, 11) is 0. The highest BCUT2D eigenvalue weighted by Crippen LogP contribution is 2.26. The summed E-state index contributed by atoms with van der Waals surface area (Å²) in [4.78, 5) is 0. The Labute approximate surface area is 141 Å². The quantitative estimate of drug-likeness (QED) is 0.718. The van der Waals surface area contributed by atoms with E-state index in [0.29, 0.717) is 11.6 Å². The first-order valence-electron chi connectivity index (χ1n) is 7.57. The monoisotopic (exact) mass is 333 g/mol. The van der Waals surface area contributed by atoms with Crippen LogP contribution < -0.4 is 10.1 Å². The van der Waals surface area contributed by atoms with E-state index in [9.17, 15) is 4.39 Å². The summed E-state index contributed by atoms with van der Waals surface area (Å²) < 4.78 is 19.2. The number of allylic oxidation sites excluding steroid dienone is 1. The summed E-state index contributed by atoms with van der Waals surface area (Å²) in [5.74, 6) is 0.525. The second-order valence-corrected chi connectivity index (χ2v) is 6.19. The number of para-hydroxylation sites is 2. The summed E-state index contributed by atoms with van der Waals surface area (Å²) >= 11 is 5.93. The standard InChI is InChI=1S/C19H21ClFNO/c1-13(2)23-19-7-5-4-6-18(19)22-12-15-8-9-17(21)11-16(15)10-14(3)20/h4-11,13,22H,12H2,1-3H3/b14-10-. The summed E-state index contributed by atoms with van der Waals surface area (Å²) in [5, 5.41) is 3.96. The normalized spacial score (nSPS) is 11.7. The highest BCUT2D eigenvalue weighted by atomic mass is 35.5. The molecule has 0 amide bonds. The SMILES string of the molecule is C/C(Cl)=C/c1cc(F)ccc1CNc1ccccc1OC(C)C. The maximum absolute atomic E-state index is 13.5. The fourth-order valence-corrected chi connectivity index (χ4v) is 2.35. The molecule has 0 aliphatic carbocycles. The molecule has 0 aromatic heterocycles. The Hall–Kier alpha value is -2.00. The van der Waals surface area contributed by atoms with E-state index in [1.54, 1.807) is 19.1 Å². The Balaban J connectivity index is 2.20. The van der Waals surface area contributed by atoms with E-state index >= 15 is 0 Å². The third-order valence-electron chi connectivity index (χ3n) is 3.18. The molecule has 122 valence electrons. The lowest BCUT2D eigenvalue weighted by Gasteiger charge is -2.16. The number of ether oxygens (including phenoxy) is 1. The zero-order valence-electron chi connectivity index (χ0n) is 13.6. The van der Waals surface area contributed by atoms with Crippen molar-refractivity contribution < 1.29 is 9.13 Å². The average Bonchev–Trinajstić information content (AvgIpc) is 2.46. The van der Waals surface area contributed by atoms with Gasteiger partial charge < -0.3 is 10.1 Å². The minimum atomic E-state index is -0.276. The Bertz CT molecular complexity index is 694. The first-order valence-corrected chi connectivity index (χ1v) is 7.95. The molecule has 0 aliphatic rings. The third-order valence-corrected chi connectivity index (χ3v) is 3.29. The van der Waals surface area contributed by atoms with Crippen molar-refractivity contribution in [3.8, 4) is 5.75 Å². The second-order valence-electron chi connectivity index (χ2n) is 5.59. The van der Waals surface area contributed by atoms with E-state index in [1.165, 1.54) is 12.1 Å². The summed E-state index contributed by atoms with van der Waals surface area (Å²) in [6.45, 7) is 6.30. The van der Waals surface area contributed by atoms with E-state index in [2.05, 4.69) is 5.32 Å². The van der Waals surface area contributed by atoms with E-state index in [1.807, 2.05) is 38.1 Å². The van der Waals surface area contributed by atoms with Crippen LogP contribution in [-0.4, -0.2) is 6.10 Å². The molecule has 0 saturated heterocycles. The maximum atomic E-state index is 13.5. The lowest BCUT2D eigenvalue weighted by molar-refractivity contribution is 0.243. The van der Waals surface area contributed by atoms with Crippen molar-refractivity contribution in [3.63, 3.8) is 0 Å². The van der Waals surface area contributed by atoms with Crippen LogP contribution in [0.2, 0.25) is 0 Å². The van der Waals surface area contributed by atoms with Gasteiger partial charge in [0.25, 0.3) is 0 Å². The van der Waals surface area contributed by atoms with Gasteiger partial charge in [-0.1, -0.05) is 29.8 Å². The molecule has 0 fully saturated rings. The van der Waals surface area contributed by atoms with Crippen molar-refractivity contribution in [3.05, 3.63) is 64.4 Å². The predicted molar refractivity (Wildman–Crippen MR) is 95.4 cm³/mol. The molecule has 1 N–H and O–H groups in total. The number of rotatable bonds is 6. The summed E-state index contributed by atoms with van der Waals surface area (Å²) in [6, 6.07) is 12.5. The molecule has 0 aliphatic heterocycles. The first kappa shape index (κ1) is 17.4. The fraction of sp³-hybridized carbons (Fsp3) is 0.263. The molecular formula is C19H21ClFNO. The summed E-state index contributed by atoms with van der Waals surface area (Å²) in [6.07, 6.45) is 1.86. The van der Waals surface area contributed by atoms with Gasteiger partial charge in [-0.05, 0) is 62.2 Å². The van der Waals surface area contributed by atoms with Crippen LogP contribution in [-0.2, 0) is 6.54 Å². The van der Waals surface area contributed by atoms with Gasteiger partial charge in [-0.3, -0.25) is 0 Å². The van der Waals surface area contributed by atoms with Crippen molar-refractivity contribution in [2.45, 2.75) is 33.4 Å². The molecule has 2 rings (SSSR count). The second kappa shape index (κ2) is 8.02. The molecule has 0 atom stereocenters. The van der Waals surface area contributed by atoms with Gasteiger partial charge in [0.05, 0.1) is 11.8 Å². The molecule has 0 heterocycles. The van der Waals surface area contributed by atoms with Crippen molar-refractivity contribution in [1.29, 1.82) is 0 Å². The van der Waals surface area contributed by atoms with Gasteiger partial charge in [0.15, 0.2) is 0 Å². The Morgan fingerprint density at radius 3 is 2.70 bits per heavy atom. The van der Waals surface area contributed by atoms with Gasteiger partial charge >= 0.3 is 0 Å². The molecule has 0 saturated carbocycles. The van der Waals surface area contributed by atoms with Crippen LogP contribution in [0.4, 0.5) is 10.1 Å². The Morgan fingerprint density at radius 2 is 2.00 bits per heavy atom. The molecule has 2 aromatic carbocycles. The number of hydrogen-bond donors (Lipinski definition) is 1. The lowest BCUT2D eigenvalue weighted by atomic mass is 10.1. The van der Waals surface area contributed by atoms with Crippen LogP contribution in [0.3, 0.4) is 0 Å². The predicted octanol–water partition coefficient (Wildman–Crippen LogP) is 5.82. The van der Waals surface area contributed by atoms with Gasteiger partial charge in [0, 0.05) is 11.6 Å². The molecule has 0 unspecified atom stereocenters. The molecule has 2 nitrogen and oxygen atoms in total. The van der Waals surface area contributed by atoms with Crippen LogP contribution in [0.5, 0.6) is 5.75 Å². The van der Waals surface area contributed by atoms with Gasteiger partial charge in [-0.2, -0.15) is 0 Å². The van der Waals surface area contributed by atoms with Crippen LogP contribution in [0, 0.1) is 5.82 Å². The zero-order chi connectivity index (χ0) is 16.8. The van der Waals surface area contributed by atoms with Crippen LogP contribution in [0.1, 0.15) is 31.9 Å². The fourth-order valence-electron chi connectivity index (χ4n) is 2.24. The number of nitrogens with one attached hydrogen (secondary N) is 1. The Morgan fingerprint density at radius 1 is 1.26 bits per heavy atom. The number of benzene rings is 2. The molecule has 2 aromatic rings. The van der Waals surface area contributed by atoms with Crippen molar-refractivity contribution in [1.82, 2.24) is 0 Å². The third kappa shape index (κ3) is 5.29. The van der Waals surface area contributed by atoms with Gasteiger partial charge in [0.1, 0.15) is 11.6 Å². The van der Waals surface area contributed by atoms with Gasteiger partial charge in [-0.15, -0.1) is 0 Å². The van der Waals surface area contributed by atoms with E-state index < -0.39 is 0 Å². The van der Waals surface area contributed by atoms with Crippen LogP contribution in [0.25, 0.3) is 6.08 Å². The molecule has 0 radical (unpaired) electrons. The smallest absolute Gasteiger partial charge is 0.142 e. The highest BCUT2D eigenvalue weighted by molar-refractivity contribution is 6.31. The lowest BCUT2D eigenvalue weighted by Crippen LogP contribution is -2.09. The van der Waals surface area contributed by atoms with E-state index in [4.69, 9.17) is 16.3 Å². The largest absolute Gasteiger partial charge is 0.489 e. The number of anilines is 1. The molecule has 0 bridgehead atoms. The Kier molecular flexibility index (Phi) is 6.05. The van der Waals surface area contributed by atoms with Crippen molar-refractivity contribution in [2.75, 3.05) is 5.32 Å². The molecule has 4 heteroatoms.